The van der Waals surface area contributed by atoms with Gasteiger partial charge in [-0.05, 0) is 142 Å². The van der Waals surface area contributed by atoms with Crippen molar-refractivity contribution in [2.24, 2.45) is 62.1 Å². The summed E-state index contributed by atoms with van der Waals surface area (Å²) in [6, 6.07) is 0. The number of carboxylic acids is 1. The molecular weight excluding hydrogens is 512 g/mol. The normalized spacial score (nSPS) is 46.9. The highest BCUT2D eigenvalue weighted by Gasteiger charge is 2.70. The highest BCUT2D eigenvalue weighted by atomic mass is 16.5. The predicted octanol–water partition coefficient (Wildman–Crippen LogP) is 8.05. The van der Waals surface area contributed by atoms with Gasteiger partial charge in [0.05, 0.1) is 11.8 Å². The average molecular weight is 571 g/mol. The van der Waals surface area contributed by atoms with E-state index in [1.54, 1.807) is 13.8 Å². The molecule has 2 N–H and O–H groups in total. The molecule has 5 rings (SSSR count). The summed E-state index contributed by atoms with van der Waals surface area (Å²) in [5.74, 6) is 1.44. The van der Waals surface area contributed by atoms with Crippen molar-refractivity contribution < 1.29 is 24.5 Å². The van der Waals surface area contributed by atoms with Gasteiger partial charge < -0.3 is 14.9 Å². The second-order valence-corrected chi connectivity index (χ2v) is 17.6. The standard InChI is InChI=1S/C36H58O5/c1-22(2)24-12-15-36(21-37)17-16-34(8)25(29(24)36)10-11-27-33(7)19-23(41-28(38)20-32(5,6)30(39)40)18-31(3,4)26(33)13-14-35(27,34)9/h23-27,29,37H,1,10-21H2,2-9H3,(H,39,40)/t23?,24-,25+,26-,27+,29+,33-,34+,35+,36+/m0/s1. The number of ether oxygens (including phenoxy) is 1. The third kappa shape index (κ3) is 4.48. The van der Waals surface area contributed by atoms with Crippen molar-refractivity contribution in [2.45, 2.75) is 132 Å². The summed E-state index contributed by atoms with van der Waals surface area (Å²) in [4.78, 5) is 24.7. The summed E-state index contributed by atoms with van der Waals surface area (Å²) in [5.41, 5.74) is 0.759. The molecule has 0 amide bonds. The van der Waals surface area contributed by atoms with Gasteiger partial charge in [-0.25, -0.2) is 0 Å². The molecule has 5 aliphatic rings. The number of esters is 1. The zero-order valence-corrected chi connectivity index (χ0v) is 27.3. The Kier molecular flexibility index (Phi) is 7.45. The van der Waals surface area contributed by atoms with Gasteiger partial charge in [-0.1, -0.05) is 46.8 Å². The first-order valence-corrected chi connectivity index (χ1v) is 16.6. The van der Waals surface area contributed by atoms with E-state index >= 15 is 0 Å². The fraction of sp³-hybridized carbons (Fsp3) is 0.889. The quantitative estimate of drug-likeness (QED) is 0.249. The molecule has 10 atom stereocenters. The maximum absolute atomic E-state index is 13.0. The summed E-state index contributed by atoms with van der Waals surface area (Å²) >= 11 is 0. The lowest BCUT2D eigenvalue weighted by atomic mass is 9.32. The van der Waals surface area contributed by atoms with E-state index in [0.29, 0.717) is 36.2 Å². The first kappa shape index (κ1) is 31.1. The van der Waals surface area contributed by atoms with E-state index in [1.165, 1.54) is 44.1 Å². The number of allylic oxidation sites excluding steroid dienone is 1. The van der Waals surface area contributed by atoms with Gasteiger partial charge in [-0.3, -0.25) is 9.59 Å². The summed E-state index contributed by atoms with van der Waals surface area (Å²) in [6.07, 6.45) is 11.0. The maximum atomic E-state index is 13.0. The maximum Gasteiger partial charge on any atom is 0.309 e. The lowest BCUT2D eigenvalue weighted by molar-refractivity contribution is -0.249. The van der Waals surface area contributed by atoms with E-state index in [1.807, 2.05) is 0 Å². The van der Waals surface area contributed by atoms with Gasteiger partial charge in [0.15, 0.2) is 0 Å². The van der Waals surface area contributed by atoms with Crippen LogP contribution < -0.4 is 0 Å². The third-order valence-electron chi connectivity index (χ3n) is 14.6. The van der Waals surface area contributed by atoms with Gasteiger partial charge in [0, 0.05) is 6.61 Å². The Hall–Kier alpha value is -1.36. The molecule has 0 bridgehead atoms. The van der Waals surface area contributed by atoms with Crippen molar-refractivity contribution in [1.82, 2.24) is 0 Å². The zero-order valence-electron chi connectivity index (χ0n) is 27.3. The number of hydrogen-bond donors (Lipinski definition) is 2. The van der Waals surface area contributed by atoms with E-state index in [9.17, 15) is 19.8 Å². The number of carbonyl (C=O) groups is 2. The molecule has 0 spiro atoms. The fourth-order valence-corrected chi connectivity index (χ4v) is 12.5. The summed E-state index contributed by atoms with van der Waals surface area (Å²) in [7, 11) is 0. The topological polar surface area (TPSA) is 83.8 Å². The second-order valence-electron chi connectivity index (χ2n) is 17.6. The molecule has 5 nitrogen and oxygen atoms in total. The molecule has 0 saturated heterocycles. The minimum atomic E-state index is -1.13. The molecule has 0 aromatic carbocycles. The van der Waals surface area contributed by atoms with Gasteiger partial charge >= 0.3 is 11.9 Å². The molecule has 0 heterocycles. The van der Waals surface area contributed by atoms with Crippen LogP contribution in [0.2, 0.25) is 0 Å². The summed E-state index contributed by atoms with van der Waals surface area (Å²) in [6.45, 7) is 22.7. The number of carbonyl (C=O) groups excluding carboxylic acids is 1. The molecule has 41 heavy (non-hydrogen) atoms. The molecule has 0 radical (unpaired) electrons. The van der Waals surface area contributed by atoms with Gasteiger partial charge in [-0.2, -0.15) is 0 Å². The van der Waals surface area contributed by atoms with E-state index < -0.39 is 11.4 Å². The van der Waals surface area contributed by atoms with E-state index in [0.717, 1.165) is 25.7 Å². The fourth-order valence-electron chi connectivity index (χ4n) is 12.5. The predicted molar refractivity (Wildman–Crippen MR) is 162 cm³/mol. The van der Waals surface area contributed by atoms with Crippen LogP contribution in [0.15, 0.2) is 12.2 Å². The number of fused-ring (bicyclic) bond motifs is 7. The van der Waals surface area contributed by atoms with Gasteiger partial charge in [-0.15, -0.1) is 0 Å². The van der Waals surface area contributed by atoms with E-state index in [2.05, 4.69) is 48.1 Å². The minimum Gasteiger partial charge on any atom is -0.481 e. The Morgan fingerprint density at radius 3 is 2.20 bits per heavy atom. The molecule has 5 aliphatic carbocycles. The second kappa shape index (κ2) is 9.83. The van der Waals surface area contributed by atoms with Crippen molar-refractivity contribution in [2.75, 3.05) is 6.61 Å². The Balaban J connectivity index is 1.45. The summed E-state index contributed by atoms with van der Waals surface area (Å²) < 4.78 is 6.16. The lowest BCUT2D eigenvalue weighted by Gasteiger charge is -2.73. The number of aliphatic hydroxyl groups excluding tert-OH is 1. The van der Waals surface area contributed by atoms with Crippen LogP contribution in [0.4, 0.5) is 0 Å². The van der Waals surface area contributed by atoms with Crippen LogP contribution in [0.5, 0.6) is 0 Å². The molecule has 5 saturated carbocycles. The van der Waals surface area contributed by atoms with E-state index in [-0.39, 0.29) is 45.6 Å². The molecule has 0 aromatic rings. The molecule has 1 unspecified atom stereocenters. The highest BCUT2D eigenvalue weighted by Crippen LogP contribution is 2.77. The van der Waals surface area contributed by atoms with Crippen molar-refractivity contribution >= 4 is 11.9 Å². The number of rotatable bonds is 6. The van der Waals surface area contributed by atoms with Crippen LogP contribution in [0.25, 0.3) is 0 Å². The number of carboxylic acid groups (broad SMARTS) is 1. The van der Waals surface area contributed by atoms with Crippen molar-refractivity contribution in [3.63, 3.8) is 0 Å². The Labute approximate surface area is 249 Å². The Morgan fingerprint density at radius 2 is 1.59 bits per heavy atom. The molecule has 5 heteroatoms. The van der Waals surface area contributed by atoms with Crippen LogP contribution in [-0.4, -0.2) is 34.9 Å². The minimum absolute atomic E-state index is 0.0501. The van der Waals surface area contributed by atoms with Crippen LogP contribution >= 0.6 is 0 Å². The van der Waals surface area contributed by atoms with Crippen LogP contribution in [0, 0.1) is 62.1 Å². The molecule has 0 aliphatic heterocycles. The van der Waals surface area contributed by atoms with Gasteiger partial charge in [0.25, 0.3) is 0 Å². The zero-order chi connectivity index (χ0) is 30.4. The lowest BCUT2D eigenvalue weighted by Crippen LogP contribution is -2.66. The monoisotopic (exact) mass is 570 g/mol. The largest absolute Gasteiger partial charge is 0.481 e. The van der Waals surface area contributed by atoms with Crippen LogP contribution in [0.1, 0.15) is 126 Å². The molecule has 232 valence electrons. The van der Waals surface area contributed by atoms with Crippen LogP contribution in [0.3, 0.4) is 0 Å². The Bertz CT molecular complexity index is 1090. The third-order valence-corrected chi connectivity index (χ3v) is 14.6. The van der Waals surface area contributed by atoms with Crippen LogP contribution in [-0.2, 0) is 14.3 Å². The van der Waals surface area contributed by atoms with Gasteiger partial charge in [0.1, 0.15) is 6.10 Å². The van der Waals surface area contributed by atoms with Crippen molar-refractivity contribution in [3.8, 4) is 0 Å². The number of hydrogen-bond acceptors (Lipinski definition) is 4. The summed E-state index contributed by atoms with van der Waals surface area (Å²) in [5, 5.41) is 20.3. The molecule has 5 fully saturated rings. The first-order chi connectivity index (χ1) is 18.9. The Morgan fingerprint density at radius 1 is 0.902 bits per heavy atom. The van der Waals surface area contributed by atoms with E-state index in [4.69, 9.17) is 4.74 Å². The first-order valence-electron chi connectivity index (χ1n) is 16.6. The van der Waals surface area contributed by atoms with Crippen molar-refractivity contribution in [1.29, 1.82) is 0 Å². The number of aliphatic carboxylic acids is 1. The number of aliphatic hydroxyl groups is 1. The highest BCUT2D eigenvalue weighted by molar-refractivity contribution is 5.81. The molecule has 0 aromatic heterocycles. The molecular formula is C36H58O5. The average Bonchev–Trinajstić information content (AvgIpc) is 3.23. The smallest absolute Gasteiger partial charge is 0.309 e. The van der Waals surface area contributed by atoms with Crippen molar-refractivity contribution in [3.05, 3.63) is 12.2 Å². The van der Waals surface area contributed by atoms with Gasteiger partial charge in [0.2, 0.25) is 0 Å². The SMILES string of the molecule is C=C(C)[C@@H]1CC[C@]2(CO)CC[C@]3(C)[C@H](CC[C@@H]4[C@@]5(C)CC(OC(=O)CC(C)(C)C(=O)O)CC(C)(C)[C@@H]5CC[C@]43C)[C@@H]12.